The molecule has 74 valence electrons. The molecule has 0 aromatic rings. The third kappa shape index (κ3) is 2.06. The van der Waals surface area contributed by atoms with Crippen LogP contribution < -0.4 is 11.5 Å². The van der Waals surface area contributed by atoms with Crippen molar-refractivity contribution in [1.29, 1.82) is 0 Å². The maximum atomic E-state index is 5.83. The van der Waals surface area contributed by atoms with Gasteiger partial charge in [0.25, 0.3) is 0 Å². The lowest BCUT2D eigenvalue weighted by atomic mass is 9.66. The van der Waals surface area contributed by atoms with Gasteiger partial charge in [-0.3, -0.25) is 0 Å². The predicted molar refractivity (Wildman–Crippen MR) is 56.6 cm³/mol. The Kier molecular flexibility index (Phi) is 3.02. The van der Waals surface area contributed by atoms with E-state index in [1.54, 1.807) is 0 Å². The molecule has 2 nitrogen and oxygen atoms in total. The molecule has 0 amide bonds. The van der Waals surface area contributed by atoms with Crippen LogP contribution in [0.2, 0.25) is 0 Å². The van der Waals surface area contributed by atoms with Gasteiger partial charge in [0, 0.05) is 0 Å². The fourth-order valence-electron chi connectivity index (χ4n) is 2.06. The number of hydrogen-bond donors (Lipinski definition) is 2. The van der Waals surface area contributed by atoms with Crippen LogP contribution in [0.15, 0.2) is 23.5 Å². The van der Waals surface area contributed by atoms with Gasteiger partial charge in [0.1, 0.15) is 0 Å². The predicted octanol–water partition coefficient (Wildman–Crippen LogP) is 1.98. The van der Waals surface area contributed by atoms with E-state index in [2.05, 4.69) is 19.9 Å². The summed E-state index contributed by atoms with van der Waals surface area (Å²) < 4.78 is 0. The Morgan fingerprint density at radius 2 is 1.69 bits per heavy atom. The van der Waals surface area contributed by atoms with Crippen LogP contribution in [0.3, 0.4) is 0 Å². The topological polar surface area (TPSA) is 52.0 Å². The number of nitrogens with two attached hydrogens (primary N) is 2. The lowest BCUT2D eigenvalue weighted by Gasteiger charge is -2.39. The minimum absolute atomic E-state index is 0.624. The first-order valence-electron chi connectivity index (χ1n) is 4.95. The fourth-order valence-corrected chi connectivity index (χ4v) is 2.06. The zero-order valence-corrected chi connectivity index (χ0v) is 8.75. The molecule has 2 unspecified atom stereocenters. The zero-order valence-electron chi connectivity index (χ0n) is 8.75. The second kappa shape index (κ2) is 3.86. The van der Waals surface area contributed by atoms with Crippen LogP contribution in [0.25, 0.3) is 0 Å². The van der Waals surface area contributed by atoms with E-state index in [9.17, 15) is 0 Å². The molecule has 1 fully saturated rings. The third-order valence-electron chi connectivity index (χ3n) is 3.07. The summed E-state index contributed by atoms with van der Waals surface area (Å²) in [6.45, 7) is 6.43. The van der Waals surface area contributed by atoms with Crippen LogP contribution in [-0.4, -0.2) is 0 Å². The molecule has 1 rings (SSSR count). The minimum atomic E-state index is 0.624. The molecule has 0 bridgehead atoms. The summed E-state index contributed by atoms with van der Waals surface area (Å²) in [5.74, 6) is 2.15. The molecule has 0 aromatic carbocycles. The maximum absolute atomic E-state index is 5.83. The Morgan fingerprint density at radius 3 is 2.08 bits per heavy atom. The molecular weight excluding hydrogens is 160 g/mol. The van der Waals surface area contributed by atoms with Crippen LogP contribution in [0.4, 0.5) is 0 Å². The highest BCUT2D eigenvalue weighted by atomic mass is 14.7. The second-order valence-corrected chi connectivity index (χ2v) is 4.13. The average Bonchev–Trinajstić information content (AvgIpc) is 2.12. The molecule has 0 aromatic heterocycles. The van der Waals surface area contributed by atoms with Crippen LogP contribution in [0.5, 0.6) is 0 Å². The second-order valence-electron chi connectivity index (χ2n) is 4.13. The summed E-state index contributed by atoms with van der Waals surface area (Å²) in [7, 11) is 0. The molecule has 1 aliphatic carbocycles. The molecule has 0 spiro atoms. The normalized spacial score (nSPS) is 35.8. The fraction of sp³-hybridized carbons (Fsp3) is 0.636. The Balaban J connectivity index is 2.64. The van der Waals surface area contributed by atoms with Gasteiger partial charge in [-0.25, -0.2) is 0 Å². The summed E-state index contributed by atoms with van der Waals surface area (Å²) in [6, 6.07) is 0. The van der Waals surface area contributed by atoms with Crippen molar-refractivity contribution in [2.75, 3.05) is 0 Å². The molecule has 13 heavy (non-hydrogen) atoms. The molecule has 0 heterocycles. The van der Waals surface area contributed by atoms with E-state index in [1.807, 2.05) is 13.0 Å². The molecule has 2 atom stereocenters. The van der Waals surface area contributed by atoms with Gasteiger partial charge in [-0.15, -0.1) is 0 Å². The first kappa shape index (κ1) is 10.2. The van der Waals surface area contributed by atoms with Gasteiger partial charge in [-0.05, 0) is 31.1 Å². The van der Waals surface area contributed by atoms with Crippen molar-refractivity contribution in [3.05, 3.63) is 23.5 Å². The molecule has 4 N–H and O–H groups in total. The summed E-state index contributed by atoms with van der Waals surface area (Å²) in [4.78, 5) is 0. The summed E-state index contributed by atoms with van der Waals surface area (Å²) in [6.07, 6.45) is 5.28. The largest absolute Gasteiger partial charge is 0.397 e. The Hall–Kier alpha value is -0.920. The van der Waals surface area contributed by atoms with Gasteiger partial charge < -0.3 is 11.5 Å². The average molecular weight is 180 g/mol. The molecule has 0 saturated heterocycles. The van der Waals surface area contributed by atoms with Crippen molar-refractivity contribution >= 4 is 0 Å². The van der Waals surface area contributed by atoms with E-state index in [1.165, 1.54) is 6.42 Å². The highest BCUT2D eigenvalue weighted by Gasteiger charge is 2.32. The number of hydrogen-bond acceptors (Lipinski definition) is 2. The first-order chi connectivity index (χ1) is 6.06. The summed E-state index contributed by atoms with van der Waals surface area (Å²) >= 11 is 0. The molecule has 1 saturated carbocycles. The van der Waals surface area contributed by atoms with Crippen molar-refractivity contribution in [1.82, 2.24) is 0 Å². The van der Waals surface area contributed by atoms with Crippen LogP contribution in [-0.2, 0) is 0 Å². The van der Waals surface area contributed by atoms with Crippen molar-refractivity contribution in [2.45, 2.75) is 27.2 Å². The lowest BCUT2D eigenvalue weighted by Crippen LogP contribution is -2.32. The lowest BCUT2D eigenvalue weighted by molar-refractivity contribution is 0.147. The Bertz CT molecular complexity index is 232. The molecule has 2 heteroatoms. The zero-order chi connectivity index (χ0) is 10.0. The highest BCUT2D eigenvalue weighted by Crippen LogP contribution is 2.40. The molecule has 1 aliphatic rings. The van der Waals surface area contributed by atoms with E-state index in [-0.39, 0.29) is 0 Å². The van der Waals surface area contributed by atoms with Gasteiger partial charge in [0.05, 0.1) is 11.4 Å². The van der Waals surface area contributed by atoms with E-state index >= 15 is 0 Å². The van der Waals surface area contributed by atoms with Gasteiger partial charge in [0.2, 0.25) is 0 Å². The highest BCUT2D eigenvalue weighted by molar-refractivity contribution is 5.26. The Labute approximate surface area is 80.7 Å². The standard InChI is InChI=1S/C11H20N2/c1-4-10(12)11(13)6-9-7(2)5-8(9)3/h4,6-9H,5,12-13H2,1-3H3/b10-4+,11-6+. The van der Waals surface area contributed by atoms with Crippen molar-refractivity contribution in [2.24, 2.45) is 29.2 Å². The van der Waals surface area contributed by atoms with E-state index in [4.69, 9.17) is 11.5 Å². The summed E-state index contributed by atoms with van der Waals surface area (Å²) in [5, 5.41) is 0. The van der Waals surface area contributed by atoms with Gasteiger partial charge in [0.15, 0.2) is 0 Å². The third-order valence-corrected chi connectivity index (χ3v) is 3.07. The number of rotatable bonds is 2. The molecule has 0 radical (unpaired) electrons. The number of allylic oxidation sites excluding steroid dienone is 2. The van der Waals surface area contributed by atoms with E-state index in [0.717, 1.165) is 17.5 Å². The monoisotopic (exact) mass is 180 g/mol. The van der Waals surface area contributed by atoms with Gasteiger partial charge in [-0.1, -0.05) is 26.0 Å². The van der Waals surface area contributed by atoms with Gasteiger partial charge in [-0.2, -0.15) is 0 Å². The van der Waals surface area contributed by atoms with Gasteiger partial charge >= 0.3 is 0 Å². The van der Waals surface area contributed by atoms with E-state index < -0.39 is 0 Å². The minimum Gasteiger partial charge on any atom is -0.397 e. The smallest absolute Gasteiger partial charge is 0.0506 e. The Morgan fingerprint density at radius 1 is 1.15 bits per heavy atom. The SMILES string of the molecule is C/C=C(N)\C(N)=C/C1C(C)CC1C. The first-order valence-corrected chi connectivity index (χ1v) is 4.95. The quantitative estimate of drug-likeness (QED) is 0.638. The van der Waals surface area contributed by atoms with Crippen LogP contribution in [0.1, 0.15) is 27.2 Å². The van der Waals surface area contributed by atoms with Crippen molar-refractivity contribution in [3.8, 4) is 0 Å². The van der Waals surface area contributed by atoms with Crippen molar-refractivity contribution in [3.63, 3.8) is 0 Å². The summed E-state index contributed by atoms with van der Waals surface area (Å²) in [5.41, 5.74) is 13.0. The van der Waals surface area contributed by atoms with Crippen LogP contribution in [0, 0.1) is 17.8 Å². The van der Waals surface area contributed by atoms with Crippen LogP contribution >= 0.6 is 0 Å². The maximum Gasteiger partial charge on any atom is 0.0506 e. The van der Waals surface area contributed by atoms with E-state index in [0.29, 0.717) is 11.6 Å². The van der Waals surface area contributed by atoms with Crippen molar-refractivity contribution < 1.29 is 0 Å². The molecule has 0 aliphatic heterocycles. The molecular formula is C11H20N2.